The maximum absolute atomic E-state index is 13.3. The molecule has 3 saturated heterocycles. The molecule has 3 fully saturated rings. The van der Waals surface area contributed by atoms with Crippen molar-refractivity contribution >= 4 is 46.1 Å². The SMILES string of the molecule is Cn1nc(C2CCC(=O)NC2=O)c2cccc(N3CCN(CC(=O)N4CCN(Cc5ccc(NC(=O)OC(C)(C)C)cc5)CC4)CC3)c21. The number of rotatable bonds is 7. The molecule has 13 nitrogen and oxygen atoms in total. The number of amides is 4. The van der Waals surface area contributed by atoms with E-state index in [2.05, 4.69) is 31.4 Å². The van der Waals surface area contributed by atoms with E-state index in [0.29, 0.717) is 43.9 Å². The van der Waals surface area contributed by atoms with Gasteiger partial charge in [-0.25, -0.2) is 4.79 Å². The fourth-order valence-electron chi connectivity index (χ4n) is 6.78. The van der Waals surface area contributed by atoms with Crippen molar-refractivity contribution < 1.29 is 23.9 Å². The Morgan fingerprint density at radius 3 is 2.29 bits per heavy atom. The summed E-state index contributed by atoms with van der Waals surface area (Å²) in [5.74, 6) is -0.779. The van der Waals surface area contributed by atoms with Gasteiger partial charge < -0.3 is 14.5 Å². The molecule has 2 N–H and O–H groups in total. The molecule has 3 aliphatic rings. The number of carbonyl (C=O) groups is 4. The molecule has 3 aliphatic heterocycles. The highest BCUT2D eigenvalue weighted by Gasteiger charge is 2.33. The Labute approximate surface area is 281 Å². The van der Waals surface area contributed by atoms with E-state index in [1.165, 1.54) is 0 Å². The Morgan fingerprint density at radius 2 is 1.62 bits per heavy atom. The molecule has 1 aromatic heterocycles. The van der Waals surface area contributed by atoms with E-state index in [-0.39, 0.29) is 17.7 Å². The van der Waals surface area contributed by atoms with Crippen molar-refractivity contribution in [3.8, 4) is 0 Å². The Hall–Kier alpha value is -4.49. The van der Waals surface area contributed by atoms with Crippen LogP contribution in [-0.4, -0.2) is 113 Å². The molecule has 1 unspecified atom stereocenters. The van der Waals surface area contributed by atoms with E-state index < -0.39 is 17.6 Å². The van der Waals surface area contributed by atoms with E-state index in [9.17, 15) is 19.2 Å². The minimum absolute atomic E-state index is 0.170. The Balaban J connectivity index is 0.965. The fourth-order valence-corrected chi connectivity index (χ4v) is 6.78. The predicted octanol–water partition coefficient (Wildman–Crippen LogP) is 2.91. The van der Waals surface area contributed by atoms with Crippen LogP contribution in [0.4, 0.5) is 16.2 Å². The van der Waals surface area contributed by atoms with Crippen LogP contribution >= 0.6 is 0 Å². The maximum Gasteiger partial charge on any atom is 0.412 e. The van der Waals surface area contributed by atoms with Gasteiger partial charge in [0.05, 0.1) is 29.4 Å². The Morgan fingerprint density at radius 1 is 0.938 bits per heavy atom. The number of piperazine rings is 2. The van der Waals surface area contributed by atoms with Gasteiger partial charge in [-0.3, -0.25) is 39.5 Å². The van der Waals surface area contributed by atoms with E-state index in [1.54, 1.807) is 0 Å². The number of para-hydroxylation sites is 1. The molecule has 3 aromatic rings. The number of imide groups is 1. The van der Waals surface area contributed by atoms with Gasteiger partial charge in [0.15, 0.2) is 0 Å². The lowest BCUT2D eigenvalue weighted by atomic mass is 9.92. The number of piperidine rings is 1. The predicted molar refractivity (Wildman–Crippen MR) is 183 cm³/mol. The van der Waals surface area contributed by atoms with E-state index in [4.69, 9.17) is 9.84 Å². The second-order valence-electron chi connectivity index (χ2n) is 13.9. The molecule has 4 heterocycles. The molecule has 6 rings (SSSR count). The molecule has 0 saturated carbocycles. The van der Waals surface area contributed by atoms with Crippen LogP contribution in [0.1, 0.15) is 50.8 Å². The zero-order valence-electron chi connectivity index (χ0n) is 28.3. The topological polar surface area (TPSA) is 132 Å². The lowest BCUT2D eigenvalue weighted by Gasteiger charge is -2.38. The van der Waals surface area contributed by atoms with Crippen LogP contribution in [0.3, 0.4) is 0 Å². The van der Waals surface area contributed by atoms with E-state index in [0.717, 1.165) is 68.0 Å². The number of carbonyl (C=O) groups excluding carboxylic acids is 4. The van der Waals surface area contributed by atoms with Crippen LogP contribution in [0.5, 0.6) is 0 Å². The summed E-state index contributed by atoms with van der Waals surface area (Å²) in [6, 6.07) is 13.9. The number of nitrogens with zero attached hydrogens (tertiary/aromatic N) is 6. The van der Waals surface area contributed by atoms with Crippen molar-refractivity contribution in [2.24, 2.45) is 7.05 Å². The number of benzene rings is 2. The van der Waals surface area contributed by atoms with Gasteiger partial charge in [0.1, 0.15) is 5.60 Å². The first-order chi connectivity index (χ1) is 22.9. The third kappa shape index (κ3) is 7.79. The van der Waals surface area contributed by atoms with Gasteiger partial charge in [0.2, 0.25) is 17.7 Å². The second kappa shape index (κ2) is 13.9. The van der Waals surface area contributed by atoms with Gasteiger partial charge in [0.25, 0.3) is 0 Å². The third-order valence-corrected chi connectivity index (χ3v) is 9.24. The van der Waals surface area contributed by atoms with E-state index >= 15 is 0 Å². The summed E-state index contributed by atoms with van der Waals surface area (Å²) in [7, 11) is 1.90. The van der Waals surface area contributed by atoms with Crippen LogP contribution < -0.4 is 15.5 Å². The number of hydrogen-bond donors (Lipinski definition) is 2. The van der Waals surface area contributed by atoms with Gasteiger partial charge >= 0.3 is 6.09 Å². The van der Waals surface area contributed by atoms with Crippen molar-refractivity contribution in [3.05, 3.63) is 53.7 Å². The number of aromatic nitrogens is 2. The second-order valence-corrected chi connectivity index (χ2v) is 13.9. The maximum atomic E-state index is 13.3. The number of nitrogens with one attached hydrogen (secondary N) is 2. The molecule has 0 aliphatic carbocycles. The van der Waals surface area contributed by atoms with Crippen molar-refractivity contribution in [3.63, 3.8) is 0 Å². The van der Waals surface area contributed by atoms with Crippen LogP contribution in [-0.2, 0) is 32.7 Å². The number of ether oxygens (including phenoxy) is 1. The summed E-state index contributed by atoms with van der Waals surface area (Å²) in [4.78, 5) is 58.5. The largest absolute Gasteiger partial charge is 0.444 e. The molecule has 0 bridgehead atoms. The molecular formula is C35H46N8O5. The monoisotopic (exact) mass is 658 g/mol. The van der Waals surface area contributed by atoms with Crippen molar-refractivity contribution in [2.45, 2.75) is 51.7 Å². The molecule has 2 aromatic carbocycles. The summed E-state index contributed by atoms with van der Waals surface area (Å²) in [5.41, 5.74) is 4.06. The number of hydrogen-bond acceptors (Lipinski definition) is 9. The van der Waals surface area contributed by atoms with Gasteiger partial charge in [0, 0.05) is 83.4 Å². The zero-order chi connectivity index (χ0) is 34.0. The van der Waals surface area contributed by atoms with Gasteiger partial charge in [-0.2, -0.15) is 5.10 Å². The smallest absolute Gasteiger partial charge is 0.412 e. The summed E-state index contributed by atoms with van der Waals surface area (Å²) in [6.45, 7) is 12.9. The molecular weight excluding hydrogens is 612 g/mol. The molecule has 1 atom stereocenters. The highest BCUT2D eigenvalue weighted by atomic mass is 16.6. The normalized spacial score (nSPS) is 19.8. The van der Waals surface area contributed by atoms with Crippen molar-refractivity contribution in [2.75, 3.05) is 69.1 Å². The Bertz CT molecular complexity index is 1660. The zero-order valence-corrected chi connectivity index (χ0v) is 28.3. The van der Waals surface area contributed by atoms with Crippen LogP contribution in [0.2, 0.25) is 0 Å². The highest BCUT2D eigenvalue weighted by molar-refractivity contribution is 6.03. The molecule has 0 spiro atoms. The summed E-state index contributed by atoms with van der Waals surface area (Å²) < 4.78 is 7.16. The minimum atomic E-state index is -0.548. The average molecular weight is 659 g/mol. The molecule has 256 valence electrons. The number of aryl methyl sites for hydroxylation is 1. The lowest BCUT2D eigenvalue weighted by Crippen LogP contribution is -2.53. The third-order valence-electron chi connectivity index (χ3n) is 9.24. The van der Waals surface area contributed by atoms with Crippen LogP contribution in [0.15, 0.2) is 42.5 Å². The lowest BCUT2D eigenvalue weighted by molar-refractivity contribution is -0.135. The van der Waals surface area contributed by atoms with Crippen molar-refractivity contribution in [1.82, 2.24) is 29.8 Å². The van der Waals surface area contributed by atoms with Crippen LogP contribution in [0.25, 0.3) is 10.9 Å². The molecule has 0 radical (unpaired) electrons. The first kappa shape index (κ1) is 33.4. The van der Waals surface area contributed by atoms with Gasteiger partial charge in [-0.15, -0.1) is 0 Å². The average Bonchev–Trinajstić information content (AvgIpc) is 3.38. The first-order valence-electron chi connectivity index (χ1n) is 16.8. The molecule has 13 heteroatoms. The summed E-state index contributed by atoms with van der Waals surface area (Å²) in [6.07, 6.45) is 0.312. The summed E-state index contributed by atoms with van der Waals surface area (Å²) >= 11 is 0. The van der Waals surface area contributed by atoms with Gasteiger partial charge in [-0.1, -0.05) is 24.3 Å². The number of anilines is 2. The fraction of sp³-hybridized carbons (Fsp3) is 0.514. The highest BCUT2D eigenvalue weighted by Crippen LogP contribution is 2.35. The summed E-state index contributed by atoms with van der Waals surface area (Å²) in [5, 5.41) is 10.9. The van der Waals surface area contributed by atoms with Crippen molar-refractivity contribution in [1.29, 1.82) is 0 Å². The number of fused-ring (bicyclic) bond motifs is 1. The standard InChI is InChI=1S/C35H46N8O5/c1-35(2,3)48-34(47)36-25-10-8-24(9-11-25)22-40-16-20-43(21-17-40)30(45)23-41-14-18-42(19-15-41)28-7-5-6-26-31(38-39(4)32(26)28)27-12-13-29(44)37-33(27)46/h5-11,27H,12-23H2,1-4H3,(H,36,47)(H,37,44,46). The van der Waals surface area contributed by atoms with Gasteiger partial charge in [-0.05, 0) is 51.0 Å². The molecule has 48 heavy (non-hydrogen) atoms. The quantitative estimate of drug-likeness (QED) is 0.368. The Kier molecular flexibility index (Phi) is 9.70. The first-order valence-corrected chi connectivity index (χ1v) is 16.8. The minimum Gasteiger partial charge on any atom is -0.444 e. The van der Waals surface area contributed by atoms with Crippen LogP contribution in [0, 0.1) is 0 Å². The molecule has 4 amide bonds. The van der Waals surface area contributed by atoms with E-state index in [1.807, 2.05) is 73.8 Å².